The van der Waals surface area contributed by atoms with E-state index in [1.807, 2.05) is 12.1 Å². The molecular formula is C22H29BrN2O2. The monoisotopic (exact) mass is 432 g/mol. The van der Waals surface area contributed by atoms with Crippen LogP contribution in [-0.4, -0.2) is 48.4 Å². The first kappa shape index (κ1) is 17.8. The van der Waals surface area contributed by atoms with Gasteiger partial charge in [-0.15, -0.1) is 0 Å². The van der Waals surface area contributed by atoms with E-state index in [4.69, 9.17) is 4.74 Å². The molecule has 0 spiro atoms. The molecule has 27 heavy (non-hydrogen) atoms. The lowest BCUT2D eigenvalue weighted by atomic mass is 9.49. The van der Waals surface area contributed by atoms with Crippen molar-refractivity contribution in [1.29, 1.82) is 0 Å². The van der Waals surface area contributed by atoms with Crippen LogP contribution in [0.5, 0.6) is 5.75 Å². The Bertz CT molecular complexity index is 712. The van der Waals surface area contributed by atoms with Crippen molar-refractivity contribution in [3.05, 3.63) is 24.3 Å². The van der Waals surface area contributed by atoms with Crippen LogP contribution < -0.4 is 9.64 Å². The third-order valence-electron chi connectivity index (χ3n) is 7.45. The molecule has 5 fully saturated rings. The molecule has 146 valence electrons. The maximum atomic E-state index is 13.6. The number of methoxy groups -OCH3 is 1. The van der Waals surface area contributed by atoms with Gasteiger partial charge < -0.3 is 14.5 Å². The molecular weight excluding hydrogens is 404 g/mol. The fourth-order valence-electron chi connectivity index (χ4n) is 6.70. The summed E-state index contributed by atoms with van der Waals surface area (Å²) in [5.41, 5.74) is 1.15. The second-order valence-electron chi connectivity index (χ2n) is 9.37. The van der Waals surface area contributed by atoms with Crippen LogP contribution in [0.2, 0.25) is 0 Å². The minimum absolute atomic E-state index is 0.0735. The highest BCUT2D eigenvalue weighted by Gasteiger charge is 2.60. The largest absolute Gasteiger partial charge is 0.497 e. The number of ether oxygens (including phenoxy) is 1. The van der Waals surface area contributed by atoms with E-state index in [1.165, 1.54) is 24.9 Å². The van der Waals surface area contributed by atoms with E-state index in [0.29, 0.717) is 5.91 Å². The summed E-state index contributed by atoms with van der Waals surface area (Å²) in [6.45, 7) is 3.52. The van der Waals surface area contributed by atoms with Gasteiger partial charge in [0.1, 0.15) is 5.75 Å². The molecule has 1 aromatic carbocycles. The second-order valence-corrected chi connectivity index (χ2v) is 11.1. The molecule has 1 aromatic rings. The Balaban J connectivity index is 1.26. The standard InChI is InChI=1S/C22H29BrN2O2/c1-27-19-4-2-18(3-5-19)24-6-8-25(9-7-24)20(26)21-11-16-10-17(12-21)14-22(23,13-16)15-21/h2-5,16-17H,6-15H2,1H3/t16-,17+,21?,22?. The number of alkyl halides is 1. The highest BCUT2D eigenvalue weighted by Crippen LogP contribution is 2.64. The Morgan fingerprint density at radius 1 is 1.04 bits per heavy atom. The number of benzene rings is 1. The van der Waals surface area contributed by atoms with E-state index < -0.39 is 0 Å². The number of halogens is 1. The summed E-state index contributed by atoms with van der Waals surface area (Å²) in [5.74, 6) is 2.86. The van der Waals surface area contributed by atoms with Gasteiger partial charge in [-0.05, 0) is 74.6 Å². The molecule has 4 nitrogen and oxygen atoms in total. The number of piperazine rings is 1. The molecule has 4 atom stereocenters. The molecule has 0 radical (unpaired) electrons. The maximum Gasteiger partial charge on any atom is 0.228 e. The molecule has 5 heteroatoms. The van der Waals surface area contributed by atoms with Crippen molar-refractivity contribution in [1.82, 2.24) is 4.90 Å². The fraction of sp³-hybridized carbons (Fsp3) is 0.682. The van der Waals surface area contributed by atoms with Crippen LogP contribution in [0.25, 0.3) is 0 Å². The van der Waals surface area contributed by atoms with Gasteiger partial charge in [0.2, 0.25) is 5.91 Å². The van der Waals surface area contributed by atoms with Gasteiger partial charge in [-0.2, -0.15) is 0 Å². The minimum Gasteiger partial charge on any atom is -0.497 e. The first-order valence-corrected chi connectivity index (χ1v) is 11.2. The van der Waals surface area contributed by atoms with Crippen molar-refractivity contribution in [3.8, 4) is 5.75 Å². The second kappa shape index (κ2) is 6.40. The van der Waals surface area contributed by atoms with Crippen molar-refractivity contribution < 1.29 is 9.53 Å². The predicted octanol–water partition coefficient (Wildman–Crippen LogP) is 4.08. The number of nitrogens with zero attached hydrogens (tertiary/aromatic N) is 2. The maximum absolute atomic E-state index is 13.6. The Morgan fingerprint density at radius 3 is 2.22 bits per heavy atom. The quantitative estimate of drug-likeness (QED) is 0.674. The SMILES string of the molecule is COc1ccc(N2CCN(C(=O)C34C[C@@H]5C[C@@H](CC(Br)(C5)C3)C4)CC2)cc1. The van der Waals surface area contributed by atoms with Gasteiger partial charge >= 0.3 is 0 Å². The zero-order valence-electron chi connectivity index (χ0n) is 16.1. The topological polar surface area (TPSA) is 32.8 Å². The molecule has 5 aliphatic rings. The number of hydrogen-bond acceptors (Lipinski definition) is 3. The number of rotatable bonds is 3. The number of anilines is 1. The van der Waals surface area contributed by atoms with Crippen molar-refractivity contribution in [2.75, 3.05) is 38.2 Å². The van der Waals surface area contributed by atoms with E-state index in [9.17, 15) is 4.79 Å². The minimum atomic E-state index is -0.0735. The lowest BCUT2D eigenvalue weighted by molar-refractivity contribution is -0.155. The van der Waals surface area contributed by atoms with Crippen LogP contribution in [-0.2, 0) is 4.79 Å². The highest BCUT2D eigenvalue weighted by molar-refractivity contribution is 9.10. The fourth-order valence-corrected chi connectivity index (χ4v) is 8.15. The molecule has 4 aliphatic carbocycles. The number of carbonyl (C=O) groups is 1. The Hall–Kier alpha value is -1.23. The summed E-state index contributed by atoms with van der Waals surface area (Å²) in [6, 6.07) is 8.25. The molecule has 1 heterocycles. The average molecular weight is 433 g/mol. The van der Waals surface area contributed by atoms with Gasteiger partial charge in [0.05, 0.1) is 12.5 Å². The van der Waals surface area contributed by atoms with Gasteiger partial charge in [0.25, 0.3) is 0 Å². The zero-order valence-corrected chi connectivity index (χ0v) is 17.7. The molecule has 4 bridgehead atoms. The summed E-state index contributed by atoms with van der Waals surface area (Å²) < 4.78 is 5.50. The van der Waals surface area contributed by atoms with Crippen LogP contribution in [0, 0.1) is 17.3 Å². The van der Waals surface area contributed by atoms with Crippen molar-refractivity contribution >= 4 is 27.5 Å². The lowest BCUT2D eigenvalue weighted by Gasteiger charge is -2.60. The summed E-state index contributed by atoms with van der Waals surface area (Å²) in [7, 11) is 1.70. The Kier molecular flexibility index (Phi) is 4.23. The summed E-state index contributed by atoms with van der Waals surface area (Å²) in [6.07, 6.45) is 7.24. The molecule has 1 amide bonds. The third-order valence-corrected chi connectivity index (χ3v) is 8.38. The molecule has 2 unspecified atom stereocenters. The van der Waals surface area contributed by atoms with E-state index in [1.54, 1.807) is 7.11 Å². The zero-order chi connectivity index (χ0) is 18.6. The van der Waals surface area contributed by atoms with E-state index in [-0.39, 0.29) is 9.74 Å². The summed E-state index contributed by atoms with van der Waals surface area (Å²) >= 11 is 4.05. The van der Waals surface area contributed by atoms with Gasteiger partial charge in [0, 0.05) is 36.2 Å². The van der Waals surface area contributed by atoms with Crippen molar-refractivity contribution in [3.63, 3.8) is 0 Å². The Labute approximate surface area is 170 Å². The average Bonchev–Trinajstić information content (AvgIpc) is 2.66. The van der Waals surface area contributed by atoms with Crippen molar-refractivity contribution in [2.24, 2.45) is 17.3 Å². The molecule has 1 saturated heterocycles. The van der Waals surface area contributed by atoms with Crippen LogP contribution in [0.4, 0.5) is 5.69 Å². The summed E-state index contributed by atoms with van der Waals surface area (Å²) in [5, 5.41) is 0. The molecule has 6 rings (SSSR count). The lowest BCUT2D eigenvalue weighted by Crippen LogP contribution is -2.61. The van der Waals surface area contributed by atoms with Crippen LogP contribution in [0.3, 0.4) is 0 Å². The first-order valence-electron chi connectivity index (χ1n) is 10.4. The smallest absolute Gasteiger partial charge is 0.228 e. The van der Waals surface area contributed by atoms with Crippen LogP contribution in [0.15, 0.2) is 24.3 Å². The van der Waals surface area contributed by atoms with Crippen LogP contribution >= 0.6 is 15.9 Å². The summed E-state index contributed by atoms with van der Waals surface area (Å²) in [4.78, 5) is 18.1. The number of carbonyl (C=O) groups excluding carboxylic acids is 1. The van der Waals surface area contributed by atoms with Gasteiger partial charge in [0.15, 0.2) is 0 Å². The van der Waals surface area contributed by atoms with Crippen LogP contribution in [0.1, 0.15) is 38.5 Å². The van der Waals surface area contributed by atoms with Gasteiger partial charge in [-0.3, -0.25) is 4.79 Å². The van der Waals surface area contributed by atoms with Gasteiger partial charge in [-0.25, -0.2) is 0 Å². The molecule has 1 aliphatic heterocycles. The first-order chi connectivity index (χ1) is 13.0. The van der Waals surface area contributed by atoms with Gasteiger partial charge in [-0.1, -0.05) is 15.9 Å². The van der Waals surface area contributed by atoms with E-state index >= 15 is 0 Å². The van der Waals surface area contributed by atoms with Crippen molar-refractivity contribution in [2.45, 2.75) is 42.8 Å². The predicted molar refractivity (Wildman–Crippen MR) is 111 cm³/mol. The normalized spacial score (nSPS) is 37.6. The Morgan fingerprint density at radius 2 is 1.67 bits per heavy atom. The molecule has 0 N–H and O–H groups in total. The number of amides is 1. The molecule has 4 saturated carbocycles. The highest BCUT2D eigenvalue weighted by atomic mass is 79.9. The van der Waals surface area contributed by atoms with E-state index in [2.05, 4.69) is 37.9 Å². The van der Waals surface area contributed by atoms with E-state index in [0.717, 1.165) is 63.0 Å². The third kappa shape index (κ3) is 3.06. The molecule has 0 aromatic heterocycles. The number of hydrogen-bond donors (Lipinski definition) is 0.